The van der Waals surface area contributed by atoms with Crippen molar-refractivity contribution in [3.8, 4) is 5.75 Å². The van der Waals surface area contributed by atoms with Gasteiger partial charge in [-0.2, -0.15) is 0 Å². The maximum absolute atomic E-state index is 10.3. The van der Waals surface area contributed by atoms with Gasteiger partial charge in [-0.05, 0) is 31.9 Å². The topological polar surface area (TPSA) is 66.3 Å². The largest absolute Gasteiger partial charge is 0.489 e. The van der Waals surface area contributed by atoms with Gasteiger partial charge in [0.15, 0.2) is 5.96 Å². The number of ether oxygens (including phenoxy) is 2. The van der Waals surface area contributed by atoms with Crippen LogP contribution in [0.3, 0.4) is 0 Å². The summed E-state index contributed by atoms with van der Waals surface area (Å²) < 4.78 is 11.2. The molecule has 1 spiro atoms. The highest BCUT2D eigenvalue weighted by Crippen LogP contribution is 2.38. The average Bonchev–Trinajstić information content (AvgIpc) is 3.30. The molecule has 2 aliphatic heterocycles. The SMILES string of the molecule is CCNC(=NCC(O)COc1cccc(Cl)c1Cl)N1CCC2(CCOC2)C1. The number of halogens is 2. The number of benzene rings is 1. The van der Waals surface area contributed by atoms with E-state index in [0.717, 1.165) is 51.6 Å². The first-order chi connectivity index (χ1) is 13.0. The van der Waals surface area contributed by atoms with Gasteiger partial charge in [-0.25, -0.2) is 0 Å². The Morgan fingerprint density at radius 1 is 1.44 bits per heavy atom. The molecule has 2 N–H and O–H groups in total. The first kappa shape index (κ1) is 20.5. The Morgan fingerprint density at radius 2 is 2.30 bits per heavy atom. The van der Waals surface area contributed by atoms with Crippen LogP contribution in [0.15, 0.2) is 23.2 Å². The Morgan fingerprint density at radius 3 is 3.04 bits per heavy atom. The molecule has 8 heteroatoms. The molecule has 0 radical (unpaired) electrons. The fraction of sp³-hybridized carbons (Fsp3) is 0.632. The van der Waals surface area contributed by atoms with Crippen molar-refractivity contribution >= 4 is 29.2 Å². The number of aliphatic hydroxyl groups excluding tert-OH is 1. The van der Waals surface area contributed by atoms with E-state index in [1.54, 1.807) is 18.2 Å². The number of aliphatic imine (C=N–C) groups is 1. The zero-order valence-electron chi connectivity index (χ0n) is 15.6. The van der Waals surface area contributed by atoms with Gasteiger partial charge < -0.3 is 24.8 Å². The third kappa shape index (κ3) is 5.19. The molecule has 0 amide bonds. The predicted molar refractivity (Wildman–Crippen MR) is 108 cm³/mol. The molecule has 2 unspecified atom stereocenters. The maximum Gasteiger partial charge on any atom is 0.194 e. The predicted octanol–water partition coefficient (Wildman–Crippen LogP) is 2.81. The summed E-state index contributed by atoms with van der Waals surface area (Å²) in [6.07, 6.45) is 1.50. The molecular weight excluding hydrogens is 389 g/mol. The van der Waals surface area contributed by atoms with Gasteiger partial charge in [0, 0.05) is 31.7 Å². The zero-order valence-corrected chi connectivity index (χ0v) is 17.1. The summed E-state index contributed by atoms with van der Waals surface area (Å²) in [7, 11) is 0. The van der Waals surface area contributed by atoms with E-state index < -0.39 is 6.10 Å². The van der Waals surface area contributed by atoms with Crippen LogP contribution >= 0.6 is 23.2 Å². The van der Waals surface area contributed by atoms with Crippen LogP contribution in [0.5, 0.6) is 5.75 Å². The molecule has 0 saturated carbocycles. The molecule has 1 aromatic rings. The number of hydrogen-bond acceptors (Lipinski definition) is 4. The lowest BCUT2D eigenvalue weighted by Gasteiger charge is -2.25. The third-order valence-corrected chi connectivity index (χ3v) is 5.86. The fourth-order valence-electron chi connectivity index (χ4n) is 3.54. The van der Waals surface area contributed by atoms with Crippen molar-refractivity contribution in [1.82, 2.24) is 10.2 Å². The molecular formula is C19H27Cl2N3O3. The second kappa shape index (κ2) is 9.32. The summed E-state index contributed by atoms with van der Waals surface area (Å²) >= 11 is 12.1. The van der Waals surface area contributed by atoms with Crippen molar-refractivity contribution in [1.29, 1.82) is 0 Å². The zero-order chi connectivity index (χ0) is 19.3. The van der Waals surface area contributed by atoms with E-state index in [9.17, 15) is 5.11 Å². The third-order valence-electron chi connectivity index (χ3n) is 5.06. The summed E-state index contributed by atoms with van der Waals surface area (Å²) in [4.78, 5) is 6.87. The monoisotopic (exact) mass is 415 g/mol. The van der Waals surface area contributed by atoms with Crippen molar-refractivity contribution in [2.75, 3.05) is 46.0 Å². The standard InChI is InChI=1S/C19H27Cl2N3O3/c1-2-22-18(24-8-6-19(12-24)7-9-26-13-19)23-10-14(25)11-27-16-5-3-4-15(20)17(16)21/h3-5,14,25H,2,6-13H2,1H3,(H,22,23). The molecule has 0 aromatic heterocycles. The fourth-order valence-corrected chi connectivity index (χ4v) is 3.89. The lowest BCUT2D eigenvalue weighted by molar-refractivity contribution is 0.114. The number of hydrogen-bond donors (Lipinski definition) is 2. The van der Waals surface area contributed by atoms with E-state index in [1.807, 2.05) is 6.92 Å². The molecule has 150 valence electrons. The molecule has 6 nitrogen and oxygen atoms in total. The van der Waals surface area contributed by atoms with Gasteiger partial charge in [-0.15, -0.1) is 0 Å². The number of likely N-dealkylation sites (tertiary alicyclic amines) is 1. The Kier molecular flexibility index (Phi) is 7.09. The molecule has 0 aliphatic carbocycles. The van der Waals surface area contributed by atoms with Crippen LogP contribution in [0.25, 0.3) is 0 Å². The highest BCUT2D eigenvalue weighted by Gasteiger charge is 2.42. The normalized spacial score (nSPS) is 23.9. The van der Waals surface area contributed by atoms with E-state index in [4.69, 9.17) is 32.7 Å². The van der Waals surface area contributed by atoms with Crippen molar-refractivity contribution in [3.05, 3.63) is 28.2 Å². The first-order valence-electron chi connectivity index (χ1n) is 9.39. The highest BCUT2D eigenvalue weighted by molar-refractivity contribution is 6.42. The Labute approximate surface area is 170 Å². The van der Waals surface area contributed by atoms with Crippen LogP contribution in [0.2, 0.25) is 10.0 Å². The molecule has 2 aliphatic rings. The Bertz CT molecular complexity index is 666. The number of rotatable bonds is 6. The number of nitrogens with one attached hydrogen (secondary N) is 1. The minimum atomic E-state index is -0.736. The van der Waals surface area contributed by atoms with Crippen molar-refractivity contribution < 1.29 is 14.6 Å². The number of aliphatic hydroxyl groups is 1. The van der Waals surface area contributed by atoms with Gasteiger partial charge in [0.2, 0.25) is 0 Å². The van der Waals surface area contributed by atoms with Gasteiger partial charge in [0.25, 0.3) is 0 Å². The van der Waals surface area contributed by atoms with Crippen LogP contribution in [-0.2, 0) is 4.74 Å². The molecule has 1 aromatic carbocycles. The van der Waals surface area contributed by atoms with Crippen molar-refractivity contribution in [2.45, 2.75) is 25.9 Å². The van der Waals surface area contributed by atoms with E-state index in [2.05, 4.69) is 15.2 Å². The summed E-state index contributed by atoms with van der Waals surface area (Å²) in [5.41, 5.74) is 0.265. The van der Waals surface area contributed by atoms with Crippen LogP contribution in [0.4, 0.5) is 0 Å². The molecule has 0 bridgehead atoms. The van der Waals surface area contributed by atoms with E-state index in [-0.39, 0.29) is 18.6 Å². The van der Waals surface area contributed by atoms with Crippen LogP contribution in [-0.4, -0.2) is 68.1 Å². The summed E-state index contributed by atoms with van der Waals surface area (Å²) in [6, 6.07) is 5.17. The van der Waals surface area contributed by atoms with Crippen molar-refractivity contribution in [3.63, 3.8) is 0 Å². The minimum Gasteiger partial charge on any atom is -0.489 e. The Hall–Kier alpha value is -1.21. The van der Waals surface area contributed by atoms with Crippen LogP contribution in [0, 0.1) is 5.41 Å². The summed E-state index contributed by atoms with van der Waals surface area (Å²) in [5, 5.41) is 14.4. The van der Waals surface area contributed by atoms with Gasteiger partial charge in [0.1, 0.15) is 23.5 Å². The van der Waals surface area contributed by atoms with E-state index in [1.165, 1.54) is 0 Å². The first-order valence-corrected chi connectivity index (χ1v) is 10.1. The Balaban J connectivity index is 1.54. The second-order valence-corrected chi connectivity index (χ2v) is 7.97. The maximum atomic E-state index is 10.3. The highest BCUT2D eigenvalue weighted by atomic mass is 35.5. The van der Waals surface area contributed by atoms with Crippen LogP contribution < -0.4 is 10.1 Å². The smallest absolute Gasteiger partial charge is 0.194 e. The summed E-state index contributed by atoms with van der Waals surface area (Å²) in [5.74, 6) is 1.29. The average molecular weight is 416 g/mol. The quantitative estimate of drug-likeness (QED) is 0.552. The van der Waals surface area contributed by atoms with Gasteiger partial charge >= 0.3 is 0 Å². The minimum absolute atomic E-state index is 0.0980. The van der Waals surface area contributed by atoms with Gasteiger partial charge in [-0.1, -0.05) is 29.3 Å². The lowest BCUT2D eigenvalue weighted by atomic mass is 9.87. The lowest BCUT2D eigenvalue weighted by Crippen LogP contribution is -2.42. The van der Waals surface area contributed by atoms with E-state index >= 15 is 0 Å². The van der Waals surface area contributed by atoms with Gasteiger partial charge in [0.05, 0.1) is 18.2 Å². The molecule has 2 heterocycles. The van der Waals surface area contributed by atoms with Crippen LogP contribution in [0.1, 0.15) is 19.8 Å². The molecule has 3 rings (SSSR count). The van der Waals surface area contributed by atoms with E-state index in [0.29, 0.717) is 15.8 Å². The second-order valence-electron chi connectivity index (χ2n) is 7.19. The summed E-state index contributed by atoms with van der Waals surface area (Å²) in [6.45, 7) is 6.76. The molecule has 27 heavy (non-hydrogen) atoms. The molecule has 2 fully saturated rings. The molecule has 2 atom stereocenters. The van der Waals surface area contributed by atoms with Gasteiger partial charge in [-0.3, -0.25) is 4.99 Å². The number of nitrogens with zero attached hydrogens (tertiary/aromatic N) is 2. The number of guanidine groups is 1. The van der Waals surface area contributed by atoms with Crippen molar-refractivity contribution in [2.24, 2.45) is 10.4 Å². The molecule has 2 saturated heterocycles.